The number of nitrogens with zero attached hydrogens (tertiary/aromatic N) is 2. The average molecular weight is 408 g/mol. The molecule has 28 heavy (non-hydrogen) atoms. The van der Waals surface area contributed by atoms with Gasteiger partial charge in [-0.1, -0.05) is 26.8 Å². The fourth-order valence-electron chi connectivity index (χ4n) is 3.02. The van der Waals surface area contributed by atoms with Crippen molar-refractivity contribution in [3.8, 4) is 0 Å². The van der Waals surface area contributed by atoms with Crippen molar-refractivity contribution in [2.75, 3.05) is 0 Å². The van der Waals surface area contributed by atoms with E-state index in [1.807, 2.05) is 63.5 Å². The first-order valence-corrected chi connectivity index (χ1v) is 10.7. The lowest BCUT2D eigenvalue weighted by Gasteiger charge is -2.39. The highest BCUT2D eigenvalue weighted by Crippen LogP contribution is 2.37. The monoisotopic (exact) mass is 407 g/mol. The molecule has 0 aliphatic heterocycles. The summed E-state index contributed by atoms with van der Waals surface area (Å²) in [5, 5.41) is 0. The van der Waals surface area contributed by atoms with Gasteiger partial charge in [0.25, 0.3) is 0 Å². The molecule has 2 rings (SSSR count). The molecular formula is C21H33N3O3S. The zero-order valence-corrected chi connectivity index (χ0v) is 19.0. The van der Waals surface area contributed by atoms with Crippen molar-refractivity contribution in [1.82, 2.24) is 14.1 Å². The number of fused-ring (bicyclic) bond motifs is 1. The predicted molar refractivity (Wildman–Crippen MR) is 113 cm³/mol. The van der Waals surface area contributed by atoms with E-state index in [9.17, 15) is 9.00 Å². The Morgan fingerprint density at radius 3 is 2.39 bits per heavy atom. The number of hydrogen-bond donors (Lipinski definition) is 1. The summed E-state index contributed by atoms with van der Waals surface area (Å²) in [6.07, 6.45) is 5.54. The van der Waals surface area contributed by atoms with Crippen LogP contribution in [0.1, 0.15) is 67.4 Å². The number of ether oxygens (including phenoxy) is 1. The van der Waals surface area contributed by atoms with Gasteiger partial charge in [-0.25, -0.2) is 18.7 Å². The third-order valence-corrected chi connectivity index (χ3v) is 5.84. The Labute approximate surface area is 170 Å². The molecule has 1 unspecified atom stereocenters. The number of hydrogen-bond acceptors (Lipinski definition) is 4. The molecule has 0 saturated carbocycles. The van der Waals surface area contributed by atoms with Crippen molar-refractivity contribution < 1.29 is 13.7 Å². The Balaban J connectivity index is 2.69. The summed E-state index contributed by atoms with van der Waals surface area (Å²) in [6.45, 7) is 15.4. The number of aromatic nitrogens is 2. The Morgan fingerprint density at radius 1 is 1.21 bits per heavy atom. The Hall–Kier alpha value is -1.73. The molecule has 0 aromatic carbocycles. The number of imidazole rings is 1. The normalized spacial score (nSPS) is 16.2. The van der Waals surface area contributed by atoms with Gasteiger partial charge in [0.2, 0.25) is 0 Å². The van der Waals surface area contributed by atoms with Crippen LogP contribution in [0.3, 0.4) is 0 Å². The molecule has 1 N–H and O–H groups in total. The minimum atomic E-state index is -1.48. The summed E-state index contributed by atoms with van der Waals surface area (Å²) in [7, 11) is -1.48. The zero-order chi connectivity index (χ0) is 21.3. The highest BCUT2D eigenvalue weighted by molar-refractivity contribution is 7.84. The summed E-state index contributed by atoms with van der Waals surface area (Å²) in [5.41, 5.74) is 0.00688. The molecule has 6 nitrogen and oxygen atoms in total. The lowest BCUT2D eigenvalue weighted by molar-refractivity contribution is -0.156. The molecule has 0 amide bonds. The molecule has 156 valence electrons. The Kier molecular flexibility index (Phi) is 6.40. The van der Waals surface area contributed by atoms with Crippen LogP contribution in [0.2, 0.25) is 0 Å². The van der Waals surface area contributed by atoms with Crippen molar-refractivity contribution in [3.05, 3.63) is 36.3 Å². The van der Waals surface area contributed by atoms with Gasteiger partial charge in [-0.15, -0.1) is 0 Å². The molecule has 0 fully saturated rings. The van der Waals surface area contributed by atoms with E-state index >= 15 is 0 Å². The first kappa shape index (κ1) is 22.6. The second-order valence-corrected chi connectivity index (χ2v) is 11.7. The molecule has 2 aromatic rings. The van der Waals surface area contributed by atoms with Crippen LogP contribution in [0.5, 0.6) is 0 Å². The average Bonchev–Trinajstić information content (AvgIpc) is 2.98. The molecule has 0 bridgehead atoms. The highest BCUT2D eigenvalue weighted by atomic mass is 32.2. The summed E-state index contributed by atoms with van der Waals surface area (Å²) in [5.74, 6) is -0.422. The van der Waals surface area contributed by atoms with Crippen molar-refractivity contribution >= 4 is 22.6 Å². The number of nitrogens with one attached hydrogen (secondary N) is 1. The van der Waals surface area contributed by atoms with E-state index in [1.54, 1.807) is 6.20 Å². The standard InChI is InChI=1S/C21H33N3O3S/c1-15(2)27-18(25)21(14-19(3,4)5,23-28(26)20(6,7)8)16-9-10-17-22-11-12-24(17)13-16/h9-13,15,23H,14H2,1-8H3/t21-,28?/m1/s1. The van der Waals surface area contributed by atoms with E-state index in [-0.39, 0.29) is 11.5 Å². The topological polar surface area (TPSA) is 72.7 Å². The number of carbonyl (C=O) groups excluding carboxylic acids is 1. The van der Waals surface area contributed by atoms with Gasteiger partial charge in [0.1, 0.15) is 5.65 Å². The molecule has 0 saturated heterocycles. The first-order valence-electron chi connectivity index (χ1n) is 9.59. The summed E-state index contributed by atoms with van der Waals surface area (Å²) in [6, 6.07) is 3.72. The molecule has 0 radical (unpaired) electrons. The third-order valence-electron chi connectivity index (χ3n) is 4.19. The van der Waals surface area contributed by atoms with Gasteiger partial charge in [-0.3, -0.25) is 0 Å². The first-order chi connectivity index (χ1) is 12.7. The Morgan fingerprint density at radius 2 is 1.86 bits per heavy atom. The van der Waals surface area contributed by atoms with Crippen molar-refractivity contribution in [2.45, 2.75) is 78.2 Å². The van der Waals surface area contributed by atoms with Gasteiger partial charge in [0.05, 0.1) is 21.8 Å². The second-order valence-electron chi connectivity index (χ2n) is 9.69. The smallest absolute Gasteiger partial charge is 0.332 e. The van der Waals surface area contributed by atoms with Crippen molar-refractivity contribution in [2.24, 2.45) is 5.41 Å². The van der Waals surface area contributed by atoms with Crippen LogP contribution < -0.4 is 4.72 Å². The highest BCUT2D eigenvalue weighted by Gasteiger charge is 2.48. The minimum Gasteiger partial charge on any atom is -0.461 e. The molecule has 2 atom stereocenters. The fourth-order valence-corrected chi connectivity index (χ4v) is 3.92. The third kappa shape index (κ3) is 5.20. The zero-order valence-electron chi connectivity index (χ0n) is 18.2. The van der Waals surface area contributed by atoms with Crippen molar-refractivity contribution in [1.29, 1.82) is 0 Å². The van der Waals surface area contributed by atoms with Gasteiger partial charge in [-0.2, -0.15) is 0 Å². The molecule has 2 aromatic heterocycles. The van der Waals surface area contributed by atoms with Gasteiger partial charge in [0, 0.05) is 24.2 Å². The lowest BCUT2D eigenvalue weighted by Crippen LogP contribution is -2.56. The predicted octanol–water partition coefficient (Wildman–Crippen LogP) is 3.97. The molecule has 2 heterocycles. The van der Waals surface area contributed by atoms with Crippen molar-refractivity contribution in [3.63, 3.8) is 0 Å². The van der Waals surface area contributed by atoms with Crippen LogP contribution in [-0.4, -0.2) is 30.4 Å². The maximum Gasteiger partial charge on any atom is 0.332 e. The molecule has 0 spiro atoms. The van der Waals surface area contributed by atoms with Gasteiger partial charge < -0.3 is 9.14 Å². The van der Waals surface area contributed by atoms with E-state index in [0.29, 0.717) is 12.0 Å². The molecular weight excluding hydrogens is 374 g/mol. The summed E-state index contributed by atoms with van der Waals surface area (Å²) in [4.78, 5) is 17.7. The van der Waals surface area contributed by atoms with Gasteiger partial charge in [-0.05, 0) is 52.5 Å². The number of pyridine rings is 1. The lowest BCUT2D eigenvalue weighted by atomic mass is 9.76. The maximum atomic E-state index is 13.4. The SMILES string of the molecule is CC(C)OC(=O)[C@](CC(C)(C)C)(NS(=O)C(C)(C)C)c1ccc2nccn2c1. The van der Waals surface area contributed by atoms with Crippen LogP contribution >= 0.6 is 0 Å². The second kappa shape index (κ2) is 7.95. The summed E-state index contributed by atoms with van der Waals surface area (Å²) >= 11 is 0. The number of carbonyl (C=O) groups is 1. The van der Waals surface area contributed by atoms with E-state index in [2.05, 4.69) is 30.5 Å². The van der Waals surface area contributed by atoms with Crippen LogP contribution in [0, 0.1) is 5.41 Å². The molecule has 0 aliphatic rings. The van der Waals surface area contributed by atoms with Gasteiger partial charge >= 0.3 is 5.97 Å². The van der Waals surface area contributed by atoms with Crippen LogP contribution in [0.4, 0.5) is 0 Å². The van der Waals surface area contributed by atoms with Crippen LogP contribution in [-0.2, 0) is 26.1 Å². The van der Waals surface area contributed by atoms with E-state index in [0.717, 1.165) is 5.65 Å². The molecule has 7 heteroatoms. The van der Waals surface area contributed by atoms with Crippen LogP contribution in [0.25, 0.3) is 5.65 Å². The van der Waals surface area contributed by atoms with Gasteiger partial charge in [0.15, 0.2) is 5.54 Å². The minimum absolute atomic E-state index is 0.227. The molecule has 0 aliphatic carbocycles. The summed E-state index contributed by atoms with van der Waals surface area (Å²) < 4.78 is 23.3. The maximum absolute atomic E-state index is 13.4. The van der Waals surface area contributed by atoms with E-state index in [1.165, 1.54) is 0 Å². The van der Waals surface area contributed by atoms with Crippen LogP contribution in [0.15, 0.2) is 30.7 Å². The Bertz CT molecular complexity index is 862. The van der Waals surface area contributed by atoms with E-state index in [4.69, 9.17) is 4.74 Å². The number of esters is 1. The quantitative estimate of drug-likeness (QED) is 0.736. The fraction of sp³-hybridized carbons (Fsp3) is 0.619. The number of rotatable bonds is 6. The largest absolute Gasteiger partial charge is 0.461 e. The van der Waals surface area contributed by atoms with E-state index < -0.39 is 27.2 Å².